The maximum absolute atomic E-state index is 12.1. The minimum absolute atomic E-state index is 0.244. The quantitative estimate of drug-likeness (QED) is 0.897. The Morgan fingerprint density at radius 1 is 1.43 bits per heavy atom. The predicted molar refractivity (Wildman–Crippen MR) is 85.4 cm³/mol. The van der Waals surface area contributed by atoms with Gasteiger partial charge >= 0.3 is 0 Å². The van der Waals surface area contributed by atoms with Crippen molar-refractivity contribution < 1.29 is 9.63 Å². The largest absolute Gasteiger partial charge is 0.382 e. The zero-order valence-corrected chi connectivity index (χ0v) is 13.1. The Bertz CT molecular complexity index is 648. The Morgan fingerprint density at radius 2 is 2.29 bits per heavy atom. The summed E-state index contributed by atoms with van der Waals surface area (Å²) in [6.07, 6.45) is -0.291. The van der Waals surface area contributed by atoms with Gasteiger partial charge in [0.25, 0.3) is 5.91 Å². The van der Waals surface area contributed by atoms with Crippen LogP contribution < -0.4 is 5.32 Å². The molecule has 1 atom stereocenters. The number of hydrogen-bond acceptors (Lipinski definition) is 5. The van der Waals surface area contributed by atoms with Crippen molar-refractivity contribution in [2.24, 2.45) is 10.1 Å². The minimum atomic E-state index is -0.657. The van der Waals surface area contributed by atoms with Crippen LogP contribution in [0.2, 0.25) is 10.0 Å². The standard InChI is InChI=1S/C13H11Cl2N3O2S/c14-7-1-2-8(9(15)5-7)10-6-11(20-18-10)12(19)17-13-16-3-4-21-13/h1-2,5,11H,3-4,6H2,(H,16,17,19). The molecule has 21 heavy (non-hydrogen) atoms. The van der Waals surface area contributed by atoms with Crippen LogP contribution in [0.1, 0.15) is 12.0 Å². The number of carbonyl (C=O) groups is 1. The summed E-state index contributed by atoms with van der Waals surface area (Å²) in [5, 5.41) is 8.37. The van der Waals surface area contributed by atoms with Crippen LogP contribution in [-0.2, 0) is 9.63 Å². The zero-order valence-electron chi connectivity index (χ0n) is 10.8. The van der Waals surface area contributed by atoms with Crippen LogP contribution in [0.15, 0.2) is 28.3 Å². The molecule has 0 saturated heterocycles. The summed E-state index contributed by atoms with van der Waals surface area (Å²) in [7, 11) is 0. The summed E-state index contributed by atoms with van der Waals surface area (Å²) in [6, 6.07) is 5.13. The molecule has 0 fully saturated rings. The molecule has 1 N–H and O–H groups in total. The first-order valence-electron chi connectivity index (χ1n) is 6.30. The van der Waals surface area contributed by atoms with E-state index in [2.05, 4.69) is 15.5 Å². The van der Waals surface area contributed by atoms with Gasteiger partial charge in [-0.2, -0.15) is 0 Å². The number of benzene rings is 1. The van der Waals surface area contributed by atoms with E-state index in [0.717, 1.165) is 17.9 Å². The molecule has 5 nitrogen and oxygen atoms in total. The second kappa shape index (κ2) is 6.25. The van der Waals surface area contributed by atoms with Crippen molar-refractivity contribution in [3.8, 4) is 0 Å². The Labute approximate surface area is 135 Å². The van der Waals surface area contributed by atoms with Crippen molar-refractivity contribution in [1.29, 1.82) is 0 Å². The van der Waals surface area contributed by atoms with Crippen molar-refractivity contribution in [1.82, 2.24) is 5.32 Å². The van der Waals surface area contributed by atoms with Gasteiger partial charge in [0.1, 0.15) is 0 Å². The van der Waals surface area contributed by atoms with Gasteiger partial charge in [-0.15, -0.1) is 0 Å². The summed E-state index contributed by atoms with van der Waals surface area (Å²) in [5.41, 5.74) is 1.36. The lowest BCUT2D eigenvalue weighted by Crippen LogP contribution is -2.37. The van der Waals surface area contributed by atoms with Crippen molar-refractivity contribution in [2.45, 2.75) is 12.5 Å². The Kier molecular flexibility index (Phi) is 4.37. The number of nitrogens with zero attached hydrogens (tertiary/aromatic N) is 2. The van der Waals surface area contributed by atoms with E-state index < -0.39 is 6.10 Å². The van der Waals surface area contributed by atoms with E-state index in [0.29, 0.717) is 27.3 Å². The van der Waals surface area contributed by atoms with Gasteiger partial charge in [0, 0.05) is 22.8 Å². The number of rotatable bonds is 2. The number of nitrogens with one attached hydrogen (secondary N) is 1. The molecule has 0 spiro atoms. The summed E-state index contributed by atoms with van der Waals surface area (Å²) in [6.45, 7) is 0.730. The van der Waals surface area contributed by atoms with Gasteiger partial charge in [-0.3, -0.25) is 9.79 Å². The molecule has 1 amide bonds. The molecule has 0 saturated carbocycles. The molecule has 2 aliphatic heterocycles. The maximum atomic E-state index is 12.1. The minimum Gasteiger partial charge on any atom is -0.382 e. The van der Waals surface area contributed by atoms with Gasteiger partial charge in [-0.25, -0.2) is 0 Å². The molecule has 0 aliphatic carbocycles. The molecule has 1 aromatic carbocycles. The van der Waals surface area contributed by atoms with Crippen LogP contribution in [0.5, 0.6) is 0 Å². The summed E-state index contributed by atoms with van der Waals surface area (Å²) >= 11 is 13.5. The first-order valence-corrected chi connectivity index (χ1v) is 8.04. The molecular formula is C13H11Cl2N3O2S. The van der Waals surface area contributed by atoms with Crippen LogP contribution in [0.3, 0.4) is 0 Å². The molecule has 3 rings (SSSR count). The van der Waals surface area contributed by atoms with Crippen LogP contribution >= 0.6 is 35.0 Å². The van der Waals surface area contributed by atoms with Gasteiger partial charge in [0.2, 0.25) is 6.10 Å². The third kappa shape index (κ3) is 3.33. The van der Waals surface area contributed by atoms with E-state index in [1.165, 1.54) is 11.8 Å². The van der Waals surface area contributed by atoms with Crippen molar-refractivity contribution in [3.05, 3.63) is 33.8 Å². The van der Waals surface area contributed by atoms with E-state index in [-0.39, 0.29) is 5.91 Å². The fraction of sp³-hybridized carbons (Fsp3) is 0.308. The van der Waals surface area contributed by atoms with Crippen LogP contribution in [-0.4, -0.2) is 35.2 Å². The number of aliphatic imine (C=N–C) groups is 1. The molecule has 2 heterocycles. The number of halogens is 2. The molecule has 0 aromatic heterocycles. The highest BCUT2D eigenvalue weighted by atomic mass is 35.5. The third-order valence-electron chi connectivity index (χ3n) is 3.02. The first kappa shape index (κ1) is 14.7. The van der Waals surface area contributed by atoms with E-state index in [4.69, 9.17) is 28.0 Å². The number of hydrogen-bond donors (Lipinski definition) is 1. The van der Waals surface area contributed by atoms with Gasteiger partial charge in [0.05, 0.1) is 17.3 Å². The SMILES string of the molecule is O=C(NC1=NCCS1)C1CC(c2ccc(Cl)cc2Cl)=NO1. The van der Waals surface area contributed by atoms with Crippen LogP contribution in [0.4, 0.5) is 0 Å². The number of amides is 1. The smallest absolute Gasteiger partial charge is 0.270 e. The monoisotopic (exact) mass is 343 g/mol. The predicted octanol–water partition coefficient (Wildman–Crippen LogP) is 2.71. The number of oxime groups is 1. The molecular weight excluding hydrogens is 333 g/mol. The summed E-state index contributed by atoms with van der Waals surface area (Å²) in [4.78, 5) is 21.4. The average Bonchev–Trinajstić information content (AvgIpc) is 3.09. The van der Waals surface area contributed by atoms with Gasteiger partial charge < -0.3 is 10.2 Å². The number of amidine groups is 1. The van der Waals surface area contributed by atoms with Crippen LogP contribution in [0.25, 0.3) is 0 Å². The third-order valence-corrected chi connectivity index (χ3v) is 4.46. The second-order valence-corrected chi connectivity index (χ2v) is 6.41. The molecule has 0 radical (unpaired) electrons. The topological polar surface area (TPSA) is 63.0 Å². The first-order chi connectivity index (χ1) is 10.1. The number of thioether (sulfide) groups is 1. The van der Waals surface area contributed by atoms with Crippen LogP contribution in [0, 0.1) is 0 Å². The average molecular weight is 344 g/mol. The lowest BCUT2D eigenvalue weighted by molar-refractivity contribution is -0.129. The normalized spacial score (nSPS) is 20.8. The molecule has 110 valence electrons. The molecule has 8 heteroatoms. The maximum Gasteiger partial charge on any atom is 0.270 e. The molecule has 1 unspecified atom stereocenters. The molecule has 2 aliphatic rings. The Balaban J connectivity index is 1.65. The van der Waals surface area contributed by atoms with E-state index in [9.17, 15) is 4.79 Å². The highest BCUT2D eigenvalue weighted by molar-refractivity contribution is 8.14. The molecule has 0 bridgehead atoms. The zero-order chi connectivity index (χ0) is 14.8. The van der Waals surface area contributed by atoms with E-state index in [1.807, 2.05) is 0 Å². The Hall–Kier alpha value is -1.24. The van der Waals surface area contributed by atoms with Gasteiger partial charge in [-0.05, 0) is 12.1 Å². The lowest BCUT2D eigenvalue weighted by Gasteiger charge is -2.08. The summed E-state index contributed by atoms with van der Waals surface area (Å²) < 4.78 is 0. The Morgan fingerprint density at radius 3 is 3.00 bits per heavy atom. The highest BCUT2D eigenvalue weighted by Crippen LogP contribution is 2.26. The number of carbonyl (C=O) groups excluding carboxylic acids is 1. The fourth-order valence-corrected chi connectivity index (χ4v) is 3.25. The van der Waals surface area contributed by atoms with E-state index in [1.54, 1.807) is 18.2 Å². The van der Waals surface area contributed by atoms with E-state index >= 15 is 0 Å². The second-order valence-electron chi connectivity index (χ2n) is 4.48. The van der Waals surface area contributed by atoms with Crippen molar-refractivity contribution in [2.75, 3.05) is 12.3 Å². The molecule has 1 aromatic rings. The lowest BCUT2D eigenvalue weighted by atomic mass is 10.0. The highest BCUT2D eigenvalue weighted by Gasteiger charge is 2.30. The van der Waals surface area contributed by atoms with Gasteiger partial charge in [0.15, 0.2) is 5.17 Å². The van der Waals surface area contributed by atoms with Crippen molar-refractivity contribution >= 4 is 51.8 Å². The van der Waals surface area contributed by atoms with Gasteiger partial charge in [-0.1, -0.05) is 46.2 Å². The van der Waals surface area contributed by atoms with Crippen molar-refractivity contribution in [3.63, 3.8) is 0 Å². The summed E-state index contributed by atoms with van der Waals surface area (Å²) in [5.74, 6) is 0.649. The fourth-order valence-electron chi connectivity index (χ4n) is 2.00.